The largest absolute Gasteiger partial charge is 0.756 e. The summed E-state index contributed by atoms with van der Waals surface area (Å²) in [5.74, 6) is -0.504. The first kappa shape index (κ1) is 65.3. The molecule has 1 N–H and O–H groups in total. The van der Waals surface area contributed by atoms with Crippen molar-refractivity contribution in [3.63, 3.8) is 0 Å². The van der Waals surface area contributed by atoms with E-state index < -0.39 is 26.5 Å². The molecule has 9 nitrogen and oxygen atoms in total. The van der Waals surface area contributed by atoms with Crippen molar-refractivity contribution >= 4 is 19.7 Å². The summed E-state index contributed by atoms with van der Waals surface area (Å²) in [6.07, 6.45) is 58.9. The molecular weight excluding hydrogens is 858 g/mol. The van der Waals surface area contributed by atoms with E-state index in [9.17, 15) is 19.0 Å². The number of amides is 1. The van der Waals surface area contributed by atoms with Crippen LogP contribution in [0.1, 0.15) is 297 Å². The van der Waals surface area contributed by atoms with Gasteiger partial charge in [0.05, 0.1) is 19.5 Å². The Kier molecular flexibility index (Phi) is 52.3. The highest BCUT2D eigenvalue weighted by Gasteiger charge is 2.19. The van der Waals surface area contributed by atoms with Crippen molar-refractivity contribution < 1.29 is 37.6 Å². The molecule has 0 spiro atoms. The fraction of sp³-hybridized carbons (Fsp3) is 0.895. The zero-order valence-electron chi connectivity index (χ0n) is 44.3. The Morgan fingerprint density at radius 2 is 0.821 bits per heavy atom. The molecule has 0 fully saturated rings. The molecule has 2 atom stereocenters. The summed E-state index contributed by atoms with van der Waals surface area (Å²) in [5, 5.41) is 2.74. The van der Waals surface area contributed by atoms with Crippen molar-refractivity contribution in [3.05, 3.63) is 24.5 Å². The minimum Gasteiger partial charge on any atom is -0.756 e. The van der Waals surface area contributed by atoms with Crippen molar-refractivity contribution in [1.29, 1.82) is 0 Å². The molecular formula is C57H109NO8P-. The smallest absolute Gasteiger partial charge is 0.306 e. The highest BCUT2D eigenvalue weighted by atomic mass is 31.2. The molecule has 0 aromatic carbocycles. The molecule has 0 aliphatic heterocycles. The third-order valence-corrected chi connectivity index (χ3v) is 13.7. The first-order chi connectivity index (χ1) is 32.8. The molecule has 0 aliphatic carbocycles. The molecule has 396 valence electrons. The third-order valence-electron chi connectivity index (χ3n) is 12.7. The van der Waals surface area contributed by atoms with Gasteiger partial charge in [-0.3, -0.25) is 14.2 Å². The number of unbranched alkanes of at least 4 members (excludes halogenated alkanes) is 37. The van der Waals surface area contributed by atoms with E-state index in [0.717, 1.165) is 64.2 Å². The number of ether oxygens (including phenoxy) is 2. The van der Waals surface area contributed by atoms with E-state index in [0.29, 0.717) is 12.8 Å². The Morgan fingerprint density at radius 3 is 1.24 bits per heavy atom. The lowest BCUT2D eigenvalue weighted by Gasteiger charge is -2.25. The third kappa shape index (κ3) is 53.5. The van der Waals surface area contributed by atoms with Crippen molar-refractivity contribution in [3.8, 4) is 0 Å². The molecule has 0 aromatic rings. The van der Waals surface area contributed by atoms with Gasteiger partial charge in [0, 0.05) is 19.4 Å². The van der Waals surface area contributed by atoms with Crippen LogP contribution in [0.5, 0.6) is 0 Å². The molecule has 0 radical (unpaired) electrons. The molecule has 1 amide bonds. The van der Waals surface area contributed by atoms with Crippen molar-refractivity contribution in [2.75, 3.05) is 26.4 Å². The topological polar surface area (TPSA) is 123 Å². The van der Waals surface area contributed by atoms with E-state index >= 15 is 0 Å². The Balaban J connectivity index is 4.45. The first-order valence-corrected chi connectivity index (χ1v) is 30.3. The standard InChI is InChI=1S/C57H110NO8P/c1-4-7-10-13-16-19-22-25-27-29-32-35-38-41-44-47-51-63-53-55(66-57(60)49-46-43-40-37-34-31-28-26-23-20-17-14-11-8-5-2)54-65-67(61,62)64-52-50-58-56(59)48-45-42-39-36-33-30-24-21-18-15-12-9-6-3/h26,28,47,51,55H,4-25,27,29-46,48-50,52-54H2,1-3H3,(H,58,59)(H,61,62)/p-1/b28-26-,51-47-/t55-/m1/s1. The minimum atomic E-state index is -4.70. The normalized spacial score (nSPS) is 13.1. The van der Waals surface area contributed by atoms with Crippen LogP contribution in [0.15, 0.2) is 24.5 Å². The van der Waals surface area contributed by atoms with Crippen LogP contribution >= 0.6 is 7.82 Å². The van der Waals surface area contributed by atoms with Crippen LogP contribution in [0.2, 0.25) is 0 Å². The van der Waals surface area contributed by atoms with Crippen LogP contribution in [-0.2, 0) is 32.7 Å². The number of phosphoric acid groups is 1. The lowest BCUT2D eigenvalue weighted by atomic mass is 10.0. The van der Waals surface area contributed by atoms with Crippen LogP contribution in [0.4, 0.5) is 0 Å². The van der Waals surface area contributed by atoms with Crippen molar-refractivity contribution in [1.82, 2.24) is 5.32 Å². The van der Waals surface area contributed by atoms with Gasteiger partial charge in [-0.2, -0.15) is 0 Å². The number of rotatable bonds is 55. The van der Waals surface area contributed by atoms with Crippen LogP contribution in [-0.4, -0.2) is 44.3 Å². The predicted octanol–water partition coefficient (Wildman–Crippen LogP) is 17.4. The summed E-state index contributed by atoms with van der Waals surface area (Å²) < 4.78 is 34.1. The van der Waals surface area contributed by atoms with Crippen LogP contribution in [0.25, 0.3) is 0 Å². The molecule has 10 heteroatoms. The number of allylic oxidation sites excluding steroid dienone is 3. The minimum absolute atomic E-state index is 0.0252. The van der Waals surface area contributed by atoms with Gasteiger partial charge in [-0.25, -0.2) is 0 Å². The van der Waals surface area contributed by atoms with Crippen LogP contribution in [0.3, 0.4) is 0 Å². The van der Waals surface area contributed by atoms with E-state index in [4.69, 9.17) is 18.5 Å². The maximum atomic E-state index is 12.8. The summed E-state index contributed by atoms with van der Waals surface area (Å²) in [6, 6.07) is 0. The number of nitrogens with one attached hydrogen (secondary N) is 1. The van der Waals surface area contributed by atoms with Gasteiger partial charge < -0.3 is 28.7 Å². The van der Waals surface area contributed by atoms with Gasteiger partial charge in [0.15, 0.2) is 6.10 Å². The maximum Gasteiger partial charge on any atom is 0.306 e. The summed E-state index contributed by atoms with van der Waals surface area (Å²) in [5.41, 5.74) is 0. The second-order valence-electron chi connectivity index (χ2n) is 19.5. The zero-order valence-corrected chi connectivity index (χ0v) is 45.2. The van der Waals surface area contributed by atoms with Gasteiger partial charge in [-0.15, -0.1) is 0 Å². The Hall–Kier alpha value is -1.67. The SMILES string of the molecule is CCCCCCCC/C=C\CCCCCCCC(=O)O[C@H](CO/C=C\CCCCCCCCCCCCCCCC)COP(=O)([O-])OCCNC(=O)CCCCCCCCCCCCCCC. The number of carbonyl (C=O) groups is 2. The summed E-state index contributed by atoms with van der Waals surface area (Å²) in [6.45, 7) is 6.18. The number of carbonyl (C=O) groups excluding carboxylic acids is 2. The van der Waals surface area contributed by atoms with E-state index in [2.05, 4.69) is 38.2 Å². The number of esters is 1. The summed E-state index contributed by atoms with van der Waals surface area (Å²) in [4.78, 5) is 37.7. The van der Waals surface area contributed by atoms with E-state index in [-0.39, 0.29) is 32.1 Å². The summed E-state index contributed by atoms with van der Waals surface area (Å²) in [7, 11) is -4.70. The monoisotopic (exact) mass is 967 g/mol. The van der Waals surface area contributed by atoms with E-state index in [1.807, 2.05) is 6.08 Å². The molecule has 67 heavy (non-hydrogen) atoms. The lowest BCUT2D eigenvalue weighted by Crippen LogP contribution is -2.30. The summed E-state index contributed by atoms with van der Waals surface area (Å²) >= 11 is 0. The first-order valence-electron chi connectivity index (χ1n) is 28.8. The van der Waals surface area contributed by atoms with Gasteiger partial charge in [-0.05, 0) is 57.4 Å². The highest BCUT2D eigenvalue weighted by Crippen LogP contribution is 2.38. The molecule has 0 saturated heterocycles. The fourth-order valence-electron chi connectivity index (χ4n) is 8.41. The highest BCUT2D eigenvalue weighted by molar-refractivity contribution is 7.45. The molecule has 0 heterocycles. The van der Waals surface area contributed by atoms with Gasteiger partial charge in [-0.1, -0.05) is 245 Å². The molecule has 1 unspecified atom stereocenters. The quantitative estimate of drug-likeness (QED) is 0.0210. The van der Waals surface area contributed by atoms with Crippen molar-refractivity contribution in [2.24, 2.45) is 0 Å². The molecule has 0 rings (SSSR count). The molecule has 0 aliphatic rings. The van der Waals surface area contributed by atoms with Crippen molar-refractivity contribution in [2.45, 2.75) is 303 Å². The number of hydrogen-bond donors (Lipinski definition) is 1. The fourth-order valence-corrected chi connectivity index (χ4v) is 9.15. The zero-order chi connectivity index (χ0) is 48.8. The van der Waals surface area contributed by atoms with Gasteiger partial charge in [0.2, 0.25) is 5.91 Å². The Morgan fingerprint density at radius 1 is 0.463 bits per heavy atom. The van der Waals surface area contributed by atoms with Gasteiger partial charge in [0.1, 0.15) is 6.61 Å². The number of hydrogen-bond acceptors (Lipinski definition) is 8. The maximum absolute atomic E-state index is 12.8. The lowest BCUT2D eigenvalue weighted by molar-refractivity contribution is -0.228. The second kappa shape index (κ2) is 53.7. The average Bonchev–Trinajstić information content (AvgIpc) is 3.31. The molecule has 0 bridgehead atoms. The van der Waals surface area contributed by atoms with Crippen LogP contribution in [0, 0.1) is 0 Å². The second-order valence-corrected chi connectivity index (χ2v) is 20.9. The van der Waals surface area contributed by atoms with E-state index in [1.54, 1.807) is 6.26 Å². The van der Waals surface area contributed by atoms with Gasteiger partial charge >= 0.3 is 5.97 Å². The Labute approximate surface area is 414 Å². The predicted molar refractivity (Wildman–Crippen MR) is 282 cm³/mol. The molecule has 0 saturated carbocycles. The average molecular weight is 967 g/mol. The Bertz CT molecular complexity index is 1150. The van der Waals surface area contributed by atoms with Gasteiger partial charge in [0.25, 0.3) is 7.82 Å². The number of phosphoric ester groups is 1. The van der Waals surface area contributed by atoms with Crippen LogP contribution < -0.4 is 10.2 Å². The van der Waals surface area contributed by atoms with E-state index in [1.165, 1.54) is 193 Å². The molecule has 0 aromatic heterocycles.